The van der Waals surface area contributed by atoms with Crippen molar-refractivity contribution in [3.8, 4) is 22.6 Å². The average molecular weight is 635 g/mol. The van der Waals surface area contributed by atoms with Gasteiger partial charge in [0, 0.05) is 13.2 Å². The van der Waals surface area contributed by atoms with Gasteiger partial charge in [-0.25, -0.2) is 0 Å². The van der Waals surface area contributed by atoms with Crippen LogP contribution in [0.15, 0.2) is 84.9 Å². The normalized spacial score (nSPS) is 14.0. The van der Waals surface area contributed by atoms with Crippen LogP contribution in [-0.4, -0.2) is 39.6 Å². The third-order valence-corrected chi connectivity index (χ3v) is 9.97. The first kappa shape index (κ1) is 34.7. The third-order valence-electron chi connectivity index (χ3n) is 9.97. The maximum atomic E-state index is 6.08. The van der Waals surface area contributed by atoms with E-state index in [-0.39, 0.29) is 5.41 Å². The average Bonchev–Trinajstić information content (AvgIpc) is 3.38. The number of benzene rings is 4. The predicted octanol–water partition coefficient (Wildman–Crippen LogP) is 10.5. The molecule has 5 rings (SSSR count). The van der Waals surface area contributed by atoms with E-state index in [0.29, 0.717) is 45.6 Å². The van der Waals surface area contributed by atoms with Gasteiger partial charge in [-0.3, -0.25) is 0 Å². The molecule has 4 aromatic carbocycles. The van der Waals surface area contributed by atoms with Crippen molar-refractivity contribution in [2.45, 2.75) is 84.5 Å². The molecule has 0 radical (unpaired) electrons. The van der Waals surface area contributed by atoms with Crippen LogP contribution in [0.5, 0.6) is 11.5 Å². The van der Waals surface area contributed by atoms with E-state index in [9.17, 15) is 0 Å². The standard InChI is InChI=1S/C43H54O4/c1-8-24-42(6,7)35-17-23-39-38-22-12-32(31(5)9-2)29-40(38)43(41(39)30-35,33-13-18-36(19-14-33)46-27-25-44-10-3)34-15-20-37(21-16-34)47-28-26-45-11-4/h12-23,29-31H,8-11,24-28H2,1-7H3. The molecular formula is C43H54O4. The van der Waals surface area contributed by atoms with E-state index in [1.807, 2.05) is 13.8 Å². The first-order valence-electron chi connectivity index (χ1n) is 17.7. The van der Waals surface area contributed by atoms with Crippen LogP contribution in [0, 0.1) is 0 Å². The quantitative estimate of drug-likeness (QED) is 0.0954. The lowest BCUT2D eigenvalue weighted by molar-refractivity contribution is 0.110. The smallest absolute Gasteiger partial charge is 0.119 e. The van der Waals surface area contributed by atoms with Crippen molar-refractivity contribution in [3.63, 3.8) is 0 Å². The Kier molecular flexibility index (Phi) is 11.5. The summed E-state index contributed by atoms with van der Waals surface area (Å²) in [6.07, 6.45) is 3.37. The molecule has 0 N–H and O–H groups in total. The van der Waals surface area contributed by atoms with Gasteiger partial charge in [-0.15, -0.1) is 0 Å². The minimum Gasteiger partial charge on any atom is -0.491 e. The van der Waals surface area contributed by atoms with Crippen LogP contribution in [0.25, 0.3) is 11.1 Å². The van der Waals surface area contributed by atoms with Crippen molar-refractivity contribution in [3.05, 3.63) is 118 Å². The van der Waals surface area contributed by atoms with Crippen molar-refractivity contribution < 1.29 is 18.9 Å². The number of ether oxygens (including phenoxy) is 4. The van der Waals surface area contributed by atoms with Gasteiger partial charge in [0.05, 0.1) is 18.6 Å². The highest BCUT2D eigenvalue weighted by Crippen LogP contribution is 2.57. The van der Waals surface area contributed by atoms with Crippen molar-refractivity contribution in [2.24, 2.45) is 0 Å². The molecule has 0 spiro atoms. The lowest BCUT2D eigenvalue weighted by atomic mass is 9.66. The van der Waals surface area contributed by atoms with Crippen LogP contribution in [-0.2, 0) is 20.3 Å². The van der Waals surface area contributed by atoms with Gasteiger partial charge in [0.25, 0.3) is 0 Å². The summed E-state index contributed by atoms with van der Waals surface area (Å²) in [6, 6.07) is 32.0. The topological polar surface area (TPSA) is 36.9 Å². The molecule has 47 heavy (non-hydrogen) atoms. The van der Waals surface area contributed by atoms with Crippen LogP contribution in [0.3, 0.4) is 0 Å². The van der Waals surface area contributed by atoms with Crippen molar-refractivity contribution in [2.75, 3.05) is 39.6 Å². The first-order valence-corrected chi connectivity index (χ1v) is 17.7. The maximum absolute atomic E-state index is 6.08. The molecule has 4 aromatic rings. The molecule has 0 amide bonds. The monoisotopic (exact) mass is 634 g/mol. The molecule has 0 saturated heterocycles. The zero-order chi connectivity index (χ0) is 33.4. The number of fused-ring (bicyclic) bond motifs is 3. The molecule has 4 nitrogen and oxygen atoms in total. The number of hydrogen-bond donors (Lipinski definition) is 0. The molecule has 250 valence electrons. The van der Waals surface area contributed by atoms with Crippen LogP contribution in [0.1, 0.15) is 107 Å². The van der Waals surface area contributed by atoms with Crippen molar-refractivity contribution in [1.29, 1.82) is 0 Å². The van der Waals surface area contributed by atoms with Crippen LogP contribution in [0.4, 0.5) is 0 Å². The van der Waals surface area contributed by atoms with Crippen molar-refractivity contribution in [1.82, 2.24) is 0 Å². The summed E-state index contributed by atoms with van der Waals surface area (Å²) < 4.78 is 23.2. The molecule has 1 atom stereocenters. The van der Waals surface area contributed by atoms with Gasteiger partial charge in [0.2, 0.25) is 0 Å². The number of hydrogen-bond acceptors (Lipinski definition) is 4. The van der Waals surface area contributed by atoms with E-state index in [4.69, 9.17) is 18.9 Å². The molecule has 0 heterocycles. The fraction of sp³-hybridized carbons (Fsp3) is 0.442. The summed E-state index contributed by atoms with van der Waals surface area (Å²) in [4.78, 5) is 0. The Morgan fingerprint density at radius 3 is 1.62 bits per heavy atom. The van der Waals surface area contributed by atoms with Gasteiger partial charge in [0.1, 0.15) is 24.7 Å². The Bertz CT molecular complexity index is 1530. The fourth-order valence-corrected chi connectivity index (χ4v) is 7.19. The highest BCUT2D eigenvalue weighted by atomic mass is 16.5. The first-order chi connectivity index (χ1) is 22.8. The highest BCUT2D eigenvalue weighted by Gasteiger charge is 2.47. The molecule has 4 heteroatoms. The molecule has 1 aliphatic rings. The Hall–Kier alpha value is -3.60. The maximum Gasteiger partial charge on any atom is 0.119 e. The largest absolute Gasteiger partial charge is 0.491 e. The van der Waals surface area contributed by atoms with Gasteiger partial charge < -0.3 is 18.9 Å². The van der Waals surface area contributed by atoms with Gasteiger partial charge in [0.15, 0.2) is 0 Å². The van der Waals surface area contributed by atoms with Gasteiger partial charge in [-0.1, -0.05) is 102 Å². The van der Waals surface area contributed by atoms with E-state index in [2.05, 4.69) is 120 Å². The molecule has 1 aliphatic carbocycles. The Balaban J connectivity index is 1.73. The molecule has 1 unspecified atom stereocenters. The SMILES string of the molecule is CCCC(C)(C)c1ccc2c(c1)C(c1ccc(OCCOCC)cc1)(c1ccc(OCCOCC)cc1)c1cc(C(C)CC)ccc1-2. The zero-order valence-electron chi connectivity index (χ0n) is 29.7. The molecule has 0 bridgehead atoms. The lowest BCUT2D eigenvalue weighted by Gasteiger charge is -2.35. The Labute approximate surface area is 283 Å². The third kappa shape index (κ3) is 7.15. The Morgan fingerprint density at radius 1 is 0.617 bits per heavy atom. The van der Waals surface area contributed by atoms with Gasteiger partial charge in [-0.05, 0) is 107 Å². The molecular weight excluding hydrogens is 580 g/mol. The summed E-state index contributed by atoms with van der Waals surface area (Å²) in [5, 5.41) is 0. The summed E-state index contributed by atoms with van der Waals surface area (Å²) in [7, 11) is 0. The molecule has 0 fully saturated rings. The zero-order valence-corrected chi connectivity index (χ0v) is 29.7. The minimum atomic E-state index is -0.514. The van der Waals surface area contributed by atoms with Crippen molar-refractivity contribution >= 4 is 0 Å². The second-order valence-corrected chi connectivity index (χ2v) is 13.4. The van der Waals surface area contributed by atoms with Crippen LogP contribution < -0.4 is 9.47 Å². The van der Waals surface area contributed by atoms with E-state index in [1.54, 1.807) is 0 Å². The van der Waals surface area contributed by atoms with E-state index < -0.39 is 5.41 Å². The van der Waals surface area contributed by atoms with E-state index >= 15 is 0 Å². The highest BCUT2D eigenvalue weighted by molar-refractivity contribution is 5.87. The van der Waals surface area contributed by atoms with Gasteiger partial charge >= 0.3 is 0 Å². The minimum absolute atomic E-state index is 0.0582. The van der Waals surface area contributed by atoms with Crippen LogP contribution >= 0.6 is 0 Å². The summed E-state index contributed by atoms with van der Waals surface area (Å²) in [5.74, 6) is 2.17. The molecule has 0 saturated carbocycles. The van der Waals surface area contributed by atoms with Gasteiger partial charge in [-0.2, -0.15) is 0 Å². The number of rotatable bonds is 17. The second kappa shape index (κ2) is 15.5. The van der Waals surface area contributed by atoms with Crippen LogP contribution in [0.2, 0.25) is 0 Å². The molecule has 0 aliphatic heterocycles. The molecule has 0 aromatic heterocycles. The summed E-state index contributed by atoms with van der Waals surface area (Å²) in [5.41, 5.74) is 10.0. The second-order valence-electron chi connectivity index (χ2n) is 13.4. The van der Waals surface area contributed by atoms with E-state index in [0.717, 1.165) is 30.8 Å². The Morgan fingerprint density at radius 2 is 1.13 bits per heavy atom. The van der Waals surface area contributed by atoms with E-state index in [1.165, 1.54) is 44.5 Å². The summed E-state index contributed by atoms with van der Waals surface area (Å²) >= 11 is 0. The predicted molar refractivity (Wildman–Crippen MR) is 194 cm³/mol. The lowest BCUT2D eigenvalue weighted by Crippen LogP contribution is -2.29. The summed E-state index contributed by atoms with van der Waals surface area (Å²) in [6.45, 7) is 19.3. The fourth-order valence-electron chi connectivity index (χ4n) is 7.19.